The highest BCUT2D eigenvalue weighted by Crippen LogP contribution is 2.28. The molecule has 0 amide bonds. The van der Waals surface area contributed by atoms with Crippen LogP contribution in [0.15, 0.2) is 51.5 Å². The van der Waals surface area contributed by atoms with Crippen molar-refractivity contribution in [3.05, 3.63) is 52.0 Å². The maximum Gasteiger partial charge on any atom is 0.258 e. The Morgan fingerprint density at radius 3 is 2.50 bits per heavy atom. The molecule has 6 heteroatoms. The number of phenolic OH excluding ortho intramolecular Hbond substituents is 1. The zero-order valence-corrected chi connectivity index (χ0v) is 12.4. The fraction of sp³-hybridized carbons (Fsp3) is 0. The van der Waals surface area contributed by atoms with E-state index in [1.165, 1.54) is 0 Å². The van der Waals surface area contributed by atoms with Crippen molar-refractivity contribution in [1.29, 1.82) is 0 Å². The van der Waals surface area contributed by atoms with E-state index in [0.29, 0.717) is 16.7 Å². The van der Waals surface area contributed by atoms with E-state index in [-0.39, 0.29) is 5.75 Å². The number of nitrogens with zero attached hydrogens (tertiary/aromatic N) is 2. The van der Waals surface area contributed by atoms with Gasteiger partial charge in [0.25, 0.3) is 5.89 Å². The summed E-state index contributed by atoms with van der Waals surface area (Å²) < 4.78 is 6.08. The molecule has 3 aromatic rings. The fourth-order valence-corrected chi connectivity index (χ4v) is 2.61. The highest BCUT2D eigenvalue weighted by molar-refractivity contribution is 9.10. The Bertz CT molecular complexity index is 736. The monoisotopic (exact) mass is 350 g/mol. The van der Waals surface area contributed by atoms with Crippen molar-refractivity contribution in [2.45, 2.75) is 0 Å². The van der Waals surface area contributed by atoms with Gasteiger partial charge in [-0.3, -0.25) is 0 Å². The van der Waals surface area contributed by atoms with Gasteiger partial charge in [-0.15, -0.1) is 0 Å². The second kappa shape index (κ2) is 5.26. The standard InChI is InChI=1S/C14H8BrClN2O2/c15-10-5-9(6-11(16)7-10)14-17-13(18-20-14)8-1-3-12(19)4-2-8/h1-7,19H. The molecule has 0 fully saturated rings. The van der Waals surface area contributed by atoms with Crippen molar-refractivity contribution >= 4 is 27.5 Å². The van der Waals surface area contributed by atoms with E-state index in [2.05, 4.69) is 26.1 Å². The van der Waals surface area contributed by atoms with E-state index >= 15 is 0 Å². The predicted octanol–water partition coefficient (Wildman–Crippen LogP) is 4.53. The number of aromatic hydroxyl groups is 1. The zero-order chi connectivity index (χ0) is 14.1. The van der Waals surface area contributed by atoms with Gasteiger partial charge in [-0.1, -0.05) is 32.7 Å². The molecule has 0 atom stereocenters. The SMILES string of the molecule is Oc1ccc(-c2noc(-c3cc(Cl)cc(Br)c3)n2)cc1. The van der Waals surface area contributed by atoms with Crippen LogP contribution >= 0.6 is 27.5 Å². The van der Waals surface area contributed by atoms with Crippen molar-refractivity contribution < 1.29 is 9.63 Å². The number of rotatable bonds is 2. The molecule has 20 heavy (non-hydrogen) atoms. The van der Waals surface area contributed by atoms with Crippen LogP contribution in [0.3, 0.4) is 0 Å². The van der Waals surface area contributed by atoms with Gasteiger partial charge in [0.05, 0.1) is 0 Å². The number of halogens is 2. The third-order valence-electron chi connectivity index (χ3n) is 2.66. The first-order chi connectivity index (χ1) is 9.61. The second-order valence-electron chi connectivity index (χ2n) is 4.13. The molecule has 0 spiro atoms. The molecule has 0 saturated heterocycles. The molecule has 2 aromatic carbocycles. The van der Waals surface area contributed by atoms with Gasteiger partial charge in [0.2, 0.25) is 5.82 Å². The molecular formula is C14H8BrClN2O2. The highest BCUT2D eigenvalue weighted by Gasteiger charge is 2.11. The van der Waals surface area contributed by atoms with Crippen molar-refractivity contribution in [2.75, 3.05) is 0 Å². The Morgan fingerprint density at radius 1 is 1.05 bits per heavy atom. The van der Waals surface area contributed by atoms with Crippen molar-refractivity contribution in [2.24, 2.45) is 0 Å². The van der Waals surface area contributed by atoms with Gasteiger partial charge in [0.15, 0.2) is 0 Å². The van der Waals surface area contributed by atoms with Crippen LogP contribution in [0.25, 0.3) is 22.8 Å². The molecule has 1 heterocycles. The largest absolute Gasteiger partial charge is 0.508 e. The number of hydrogen-bond donors (Lipinski definition) is 1. The normalized spacial score (nSPS) is 10.7. The molecule has 0 aliphatic carbocycles. The maximum atomic E-state index is 9.26. The minimum Gasteiger partial charge on any atom is -0.508 e. The quantitative estimate of drug-likeness (QED) is 0.737. The van der Waals surface area contributed by atoms with Gasteiger partial charge in [-0.2, -0.15) is 4.98 Å². The first-order valence-electron chi connectivity index (χ1n) is 5.71. The predicted molar refractivity (Wildman–Crippen MR) is 79.5 cm³/mol. The van der Waals surface area contributed by atoms with E-state index in [9.17, 15) is 5.11 Å². The second-order valence-corrected chi connectivity index (χ2v) is 5.48. The molecular weight excluding hydrogens is 344 g/mol. The molecule has 0 radical (unpaired) electrons. The molecule has 1 aromatic heterocycles. The molecule has 0 unspecified atom stereocenters. The third-order valence-corrected chi connectivity index (χ3v) is 3.34. The lowest BCUT2D eigenvalue weighted by Crippen LogP contribution is -1.81. The van der Waals surface area contributed by atoms with E-state index in [1.54, 1.807) is 36.4 Å². The summed E-state index contributed by atoms with van der Waals surface area (Å²) in [6.45, 7) is 0. The van der Waals surface area contributed by atoms with Gasteiger partial charge in [-0.25, -0.2) is 0 Å². The summed E-state index contributed by atoms with van der Waals surface area (Å²) in [5, 5.41) is 13.8. The Labute approximate surface area is 128 Å². The number of aromatic nitrogens is 2. The molecule has 4 nitrogen and oxygen atoms in total. The average Bonchev–Trinajstić information content (AvgIpc) is 2.88. The molecule has 0 bridgehead atoms. The van der Waals surface area contributed by atoms with Gasteiger partial charge in [-0.05, 0) is 42.5 Å². The van der Waals surface area contributed by atoms with Crippen LogP contribution in [0.5, 0.6) is 5.75 Å². The first-order valence-corrected chi connectivity index (χ1v) is 6.88. The summed E-state index contributed by atoms with van der Waals surface area (Å²) in [5.74, 6) is 1.03. The Kier molecular flexibility index (Phi) is 3.46. The minimum absolute atomic E-state index is 0.191. The zero-order valence-electron chi connectivity index (χ0n) is 10.0. The average molecular weight is 352 g/mol. The molecule has 3 rings (SSSR count). The maximum absolute atomic E-state index is 9.26. The van der Waals surface area contributed by atoms with Crippen molar-refractivity contribution in [3.63, 3.8) is 0 Å². The summed E-state index contributed by atoms with van der Waals surface area (Å²) in [5.41, 5.74) is 1.50. The summed E-state index contributed by atoms with van der Waals surface area (Å²) in [6, 6.07) is 12.0. The molecule has 0 saturated carbocycles. The minimum atomic E-state index is 0.191. The van der Waals surface area contributed by atoms with Crippen molar-refractivity contribution in [1.82, 2.24) is 10.1 Å². The Morgan fingerprint density at radius 2 is 1.80 bits per heavy atom. The summed E-state index contributed by atoms with van der Waals surface area (Å²) >= 11 is 9.36. The van der Waals surface area contributed by atoms with Gasteiger partial charge in [0.1, 0.15) is 5.75 Å². The molecule has 0 aliphatic rings. The Hall–Kier alpha value is -1.85. The van der Waals surface area contributed by atoms with Gasteiger partial charge >= 0.3 is 0 Å². The fourth-order valence-electron chi connectivity index (χ4n) is 1.75. The van der Waals surface area contributed by atoms with Crippen LogP contribution in [0, 0.1) is 0 Å². The van der Waals surface area contributed by atoms with Gasteiger partial charge in [0, 0.05) is 20.6 Å². The Balaban J connectivity index is 1.99. The van der Waals surface area contributed by atoms with Gasteiger partial charge < -0.3 is 9.63 Å². The first kappa shape index (κ1) is 13.1. The highest BCUT2D eigenvalue weighted by atomic mass is 79.9. The summed E-state index contributed by atoms with van der Waals surface area (Å²) in [7, 11) is 0. The lowest BCUT2D eigenvalue weighted by Gasteiger charge is -1.97. The van der Waals surface area contributed by atoms with Crippen LogP contribution in [0.4, 0.5) is 0 Å². The van der Waals surface area contributed by atoms with Crippen LogP contribution in [-0.2, 0) is 0 Å². The number of benzene rings is 2. The summed E-state index contributed by atoms with van der Waals surface area (Å²) in [6.07, 6.45) is 0. The topological polar surface area (TPSA) is 59.2 Å². The molecule has 100 valence electrons. The van der Waals surface area contributed by atoms with E-state index in [0.717, 1.165) is 15.6 Å². The number of phenols is 1. The molecule has 0 aliphatic heterocycles. The van der Waals surface area contributed by atoms with Crippen LogP contribution < -0.4 is 0 Å². The van der Waals surface area contributed by atoms with Crippen molar-refractivity contribution in [3.8, 4) is 28.6 Å². The van der Waals surface area contributed by atoms with Crippen LogP contribution in [0.1, 0.15) is 0 Å². The van der Waals surface area contributed by atoms with E-state index in [1.807, 2.05) is 6.07 Å². The van der Waals surface area contributed by atoms with Crippen LogP contribution in [0.2, 0.25) is 5.02 Å². The third kappa shape index (κ3) is 2.69. The smallest absolute Gasteiger partial charge is 0.258 e. The van der Waals surface area contributed by atoms with E-state index in [4.69, 9.17) is 16.1 Å². The summed E-state index contributed by atoms with van der Waals surface area (Å²) in [4.78, 5) is 4.32. The van der Waals surface area contributed by atoms with E-state index < -0.39 is 0 Å². The molecule has 1 N–H and O–H groups in total. The van der Waals surface area contributed by atoms with Crippen LogP contribution in [-0.4, -0.2) is 15.2 Å². The lowest BCUT2D eigenvalue weighted by atomic mass is 10.2. The lowest BCUT2D eigenvalue weighted by molar-refractivity contribution is 0.432. The number of hydrogen-bond acceptors (Lipinski definition) is 4.